The van der Waals surface area contributed by atoms with Crippen LogP contribution in [0.25, 0.3) is 6.08 Å². The Hall–Kier alpha value is -3.51. The lowest BCUT2D eigenvalue weighted by molar-refractivity contribution is -0.123. The summed E-state index contributed by atoms with van der Waals surface area (Å²) in [6.07, 6.45) is 1.89. The summed E-state index contributed by atoms with van der Waals surface area (Å²) < 4.78 is 11.8. The molecule has 6 heteroatoms. The number of ether oxygens (including phenoxy) is 2. The third-order valence-corrected chi connectivity index (χ3v) is 7.02. The Morgan fingerprint density at radius 1 is 0.972 bits per heavy atom. The highest BCUT2D eigenvalue weighted by molar-refractivity contribution is 8.18. The molecule has 0 spiro atoms. The molecule has 3 aromatic carbocycles. The summed E-state index contributed by atoms with van der Waals surface area (Å²) in [7, 11) is 1.63. The molecule has 1 saturated heterocycles. The first-order valence-corrected chi connectivity index (χ1v) is 12.8. The van der Waals surface area contributed by atoms with Gasteiger partial charge in [-0.1, -0.05) is 42.0 Å². The zero-order chi connectivity index (χ0) is 25.8. The van der Waals surface area contributed by atoms with Gasteiger partial charge in [0.2, 0.25) is 0 Å². The van der Waals surface area contributed by atoms with Crippen molar-refractivity contribution in [2.45, 2.75) is 47.3 Å². The molecule has 0 radical (unpaired) electrons. The minimum atomic E-state index is -0.0469. The van der Waals surface area contributed by atoms with Crippen molar-refractivity contribution in [3.05, 3.63) is 93.4 Å². The van der Waals surface area contributed by atoms with Gasteiger partial charge in [0.25, 0.3) is 5.91 Å². The minimum Gasteiger partial charge on any atom is -0.493 e. The van der Waals surface area contributed by atoms with E-state index in [1.54, 1.807) is 12.0 Å². The third-order valence-electron chi connectivity index (χ3n) is 6.03. The molecule has 0 atom stereocenters. The highest BCUT2D eigenvalue weighted by Gasteiger charge is 2.35. The lowest BCUT2D eigenvalue weighted by atomic mass is 10.0. The van der Waals surface area contributed by atoms with Crippen molar-refractivity contribution in [3.8, 4) is 11.5 Å². The van der Waals surface area contributed by atoms with Crippen molar-refractivity contribution < 1.29 is 14.3 Å². The molecule has 3 aromatic rings. The number of carbonyl (C=O) groups is 1. The van der Waals surface area contributed by atoms with Crippen LogP contribution in [-0.4, -0.2) is 29.1 Å². The summed E-state index contributed by atoms with van der Waals surface area (Å²) in [6, 6.07) is 19.8. The lowest BCUT2D eigenvalue weighted by Gasteiger charge is -2.19. The summed E-state index contributed by atoms with van der Waals surface area (Å²) in [5.41, 5.74) is 6.54. The second-order valence-electron chi connectivity index (χ2n) is 9.19. The number of thioether (sulfide) groups is 1. The maximum atomic E-state index is 13.2. The topological polar surface area (TPSA) is 51.1 Å². The van der Waals surface area contributed by atoms with Crippen LogP contribution in [0.1, 0.15) is 41.7 Å². The second-order valence-corrected chi connectivity index (χ2v) is 10.2. The van der Waals surface area contributed by atoms with E-state index in [4.69, 9.17) is 14.5 Å². The number of amides is 1. The largest absolute Gasteiger partial charge is 0.493 e. The molecule has 0 aliphatic carbocycles. The van der Waals surface area contributed by atoms with Crippen LogP contribution in [0.5, 0.6) is 11.5 Å². The fourth-order valence-electron chi connectivity index (χ4n) is 4.27. The predicted octanol–water partition coefficient (Wildman–Crippen LogP) is 7.21. The van der Waals surface area contributed by atoms with Gasteiger partial charge in [0.1, 0.15) is 6.61 Å². The fraction of sp³-hybridized carbons (Fsp3) is 0.267. The van der Waals surface area contributed by atoms with Gasteiger partial charge < -0.3 is 9.47 Å². The monoisotopic (exact) mass is 500 g/mol. The van der Waals surface area contributed by atoms with E-state index in [2.05, 4.69) is 32.9 Å². The molecule has 186 valence electrons. The smallest absolute Gasteiger partial charge is 0.266 e. The fourth-order valence-corrected chi connectivity index (χ4v) is 5.39. The van der Waals surface area contributed by atoms with E-state index in [-0.39, 0.29) is 11.9 Å². The van der Waals surface area contributed by atoms with E-state index in [1.807, 2.05) is 68.5 Å². The lowest BCUT2D eigenvalue weighted by Crippen LogP contribution is -2.35. The van der Waals surface area contributed by atoms with Crippen LogP contribution < -0.4 is 9.47 Å². The standard InChI is InChI=1S/C30H32N2O3S/c1-19(2)32-29(33)28(36-30(32)31-24-10-8-7-9-11-24)17-23-12-13-26(27(16-23)34-6)35-18-25-21(4)14-20(3)15-22(25)5/h7-17,19H,18H2,1-6H3/b28-17+,31-30?. The van der Waals surface area contributed by atoms with Gasteiger partial charge in [-0.05, 0) is 99.0 Å². The van der Waals surface area contributed by atoms with E-state index in [0.29, 0.717) is 28.2 Å². The number of para-hydroxylation sites is 1. The Labute approximate surface area is 217 Å². The van der Waals surface area contributed by atoms with Gasteiger partial charge in [0.05, 0.1) is 17.7 Å². The van der Waals surface area contributed by atoms with Gasteiger partial charge in [-0.15, -0.1) is 0 Å². The number of aliphatic imine (C=N–C) groups is 1. The van der Waals surface area contributed by atoms with Crippen molar-refractivity contribution in [2.24, 2.45) is 4.99 Å². The number of rotatable bonds is 7. The molecule has 0 aromatic heterocycles. The molecular weight excluding hydrogens is 468 g/mol. The van der Waals surface area contributed by atoms with Gasteiger partial charge >= 0.3 is 0 Å². The van der Waals surface area contributed by atoms with Crippen LogP contribution >= 0.6 is 11.8 Å². The van der Waals surface area contributed by atoms with Crippen LogP contribution in [0.4, 0.5) is 5.69 Å². The maximum absolute atomic E-state index is 13.2. The van der Waals surface area contributed by atoms with Gasteiger partial charge in [-0.3, -0.25) is 9.69 Å². The summed E-state index contributed by atoms with van der Waals surface area (Å²) in [5.74, 6) is 1.25. The average Bonchev–Trinajstić information content (AvgIpc) is 3.14. The first kappa shape index (κ1) is 25.6. The van der Waals surface area contributed by atoms with Crippen LogP contribution in [0.15, 0.2) is 70.6 Å². The third kappa shape index (κ3) is 5.65. The zero-order valence-corrected chi connectivity index (χ0v) is 22.5. The van der Waals surface area contributed by atoms with E-state index in [1.165, 1.54) is 34.0 Å². The first-order valence-electron chi connectivity index (χ1n) is 12.0. The first-order chi connectivity index (χ1) is 17.3. The molecule has 0 N–H and O–H groups in total. The zero-order valence-electron chi connectivity index (χ0n) is 21.7. The van der Waals surface area contributed by atoms with E-state index >= 15 is 0 Å². The summed E-state index contributed by atoms with van der Waals surface area (Å²) in [6.45, 7) is 10.8. The molecule has 0 bridgehead atoms. The number of carbonyl (C=O) groups excluding carboxylic acids is 1. The highest BCUT2D eigenvalue weighted by atomic mass is 32.2. The normalized spacial score (nSPS) is 15.9. The number of amidine groups is 1. The van der Waals surface area contributed by atoms with Crippen molar-refractivity contribution in [1.29, 1.82) is 0 Å². The van der Waals surface area contributed by atoms with Crippen molar-refractivity contribution in [2.75, 3.05) is 7.11 Å². The van der Waals surface area contributed by atoms with E-state index < -0.39 is 0 Å². The highest BCUT2D eigenvalue weighted by Crippen LogP contribution is 2.37. The van der Waals surface area contributed by atoms with E-state index in [0.717, 1.165) is 11.3 Å². The number of hydrogen-bond acceptors (Lipinski definition) is 5. The summed E-state index contributed by atoms with van der Waals surface area (Å²) >= 11 is 1.39. The van der Waals surface area contributed by atoms with Gasteiger partial charge in [0.15, 0.2) is 16.7 Å². The number of hydrogen-bond donors (Lipinski definition) is 0. The molecule has 1 aliphatic heterocycles. The van der Waals surface area contributed by atoms with Gasteiger partial charge in [-0.2, -0.15) is 0 Å². The Kier molecular flexibility index (Phi) is 7.85. The number of methoxy groups -OCH3 is 1. The number of nitrogens with zero attached hydrogens (tertiary/aromatic N) is 2. The number of aryl methyl sites for hydroxylation is 3. The molecule has 0 unspecified atom stereocenters. The minimum absolute atomic E-state index is 0.00244. The predicted molar refractivity (Wildman–Crippen MR) is 149 cm³/mol. The Bertz CT molecular complexity index is 1310. The molecule has 0 saturated carbocycles. The van der Waals surface area contributed by atoms with Crippen LogP contribution in [0.2, 0.25) is 0 Å². The Morgan fingerprint density at radius 3 is 2.31 bits per heavy atom. The molecule has 1 fully saturated rings. The summed E-state index contributed by atoms with van der Waals surface area (Å²) in [5, 5.41) is 0.684. The van der Waals surface area contributed by atoms with Crippen LogP contribution in [0.3, 0.4) is 0 Å². The van der Waals surface area contributed by atoms with Crippen LogP contribution in [0, 0.1) is 20.8 Å². The Balaban J connectivity index is 1.57. The van der Waals surface area contributed by atoms with Crippen molar-refractivity contribution in [3.63, 3.8) is 0 Å². The quantitative estimate of drug-likeness (QED) is 0.322. The van der Waals surface area contributed by atoms with Gasteiger partial charge in [-0.25, -0.2) is 4.99 Å². The van der Waals surface area contributed by atoms with E-state index in [9.17, 15) is 4.79 Å². The van der Waals surface area contributed by atoms with Gasteiger partial charge in [0, 0.05) is 6.04 Å². The SMILES string of the molecule is COc1cc(/C=C2/SC(=Nc3ccccc3)N(C(C)C)C2=O)ccc1OCc1c(C)cc(C)cc1C. The maximum Gasteiger partial charge on any atom is 0.266 e. The Morgan fingerprint density at radius 2 is 1.67 bits per heavy atom. The molecular formula is C30H32N2O3S. The van der Waals surface area contributed by atoms with Crippen molar-refractivity contribution in [1.82, 2.24) is 4.90 Å². The van der Waals surface area contributed by atoms with Crippen LogP contribution in [-0.2, 0) is 11.4 Å². The molecule has 1 amide bonds. The second kappa shape index (κ2) is 11.0. The molecule has 4 rings (SSSR count). The molecule has 1 aliphatic rings. The van der Waals surface area contributed by atoms with Crippen molar-refractivity contribution >= 4 is 34.6 Å². The summed E-state index contributed by atoms with van der Waals surface area (Å²) in [4.78, 5) is 20.3. The average molecular weight is 501 g/mol. The molecule has 5 nitrogen and oxygen atoms in total. The molecule has 36 heavy (non-hydrogen) atoms. The number of benzene rings is 3. The molecule has 1 heterocycles.